The van der Waals surface area contributed by atoms with Crippen LogP contribution in [0.25, 0.3) is 11.2 Å². The van der Waals surface area contributed by atoms with E-state index in [1.54, 1.807) is 0 Å². The number of phosphoric ester groups is 1. The molecule has 0 spiro atoms. The lowest BCUT2D eigenvalue weighted by Crippen LogP contribution is -2.56. The summed E-state index contributed by atoms with van der Waals surface area (Å²) in [6.45, 7) is -1.42. The summed E-state index contributed by atoms with van der Waals surface area (Å²) < 4.78 is 36.8. The number of nitrogen functional groups attached to an aromatic ring is 1. The zero-order chi connectivity index (χ0) is 33.8. The van der Waals surface area contributed by atoms with Gasteiger partial charge in [-0.2, -0.15) is 0 Å². The third-order valence-electron chi connectivity index (χ3n) is 8.51. The molecule has 21 heteroatoms. The topological polar surface area (TPSA) is 291 Å². The minimum Gasteiger partial charge on any atom is -0.394 e. The molecule has 6 heterocycles. The highest BCUT2D eigenvalue weighted by Crippen LogP contribution is 2.49. The van der Waals surface area contributed by atoms with Gasteiger partial charge < -0.3 is 51.2 Å². The summed E-state index contributed by atoms with van der Waals surface area (Å²) in [5.41, 5.74) is 12.9. The summed E-state index contributed by atoms with van der Waals surface area (Å²) in [5.74, 6) is 0.350. The van der Waals surface area contributed by atoms with Crippen LogP contribution in [-0.4, -0.2) is 136 Å². The number of ether oxygens (including phenoxy) is 2. The zero-order valence-electron chi connectivity index (χ0n) is 25.0. The molecule has 2 saturated heterocycles. The summed E-state index contributed by atoms with van der Waals surface area (Å²) in [5, 5.41) is 42.2. The van der Waals surface area contributed by atoms with E-state index in [9.17, 15) is 29.9 Å². The van der Waals surface area contributed by atoms with Crippen molar-refractivity contribution in [3.05, 3.63) is 48.5 Å². The quantitative estimate of drug-likeness (QED) is 0.110. The lowest BCUT2D eigenvalue weighted by Gasteiger charge is -2.33. The maximum atomic E-state index is 13.2. The Labute approximate surface area is 271 Å². The van der Waals surface area contributed by atoms with Crippen LogP contribution in [0.3, 0.4) is 0 Å². The van der Waals surface area contributed by atoms with Crippen molar-refractivity contribution in [1.29, 1.82) is 0 Å². The van der Waals surface area contributed by atoms with Gasteiger partial charge in [0.05, 0.1) is 19.5 Å². The van der Waals surface area contributed by atoms with Crippen LogP contribution in [0.2, 0.25) is 0 Å². The molecule has 20 nitrogen and oxygen atoms in total. The number of nitrogens with zero attached hydrogens (tertiary/aromatic N) is 8. The summed E-state index contributed by atoms with van der Waals surface area (Å²) in [6, 6.07) is 9.42. The van der Waals surface area contributed by atoms with Gasteiger partial charge in [0.2, 0.25) is 0 Å². The second kappa shape index (κ2) is 12.6. The minimum atomic E-state index is -5.03. The Hall–Kier alpha value is -3.79. The van der Waals surface area contributed by atoms with Crippen molar-refractivity contribution in [2.24, 2.45) is 20.7 Å². The molecule has 2 aromatic heterocycles. The predicted octanol–water partition coefficient (Wildman–Crippen LogP) is -2.34. The molecule has 0 radical (unpaired) electrons. The van der Waals surface area contributed by atoms with Crippen LogP contribution in [0, 0.1) is 0 Å². The van der Waals surface area contributed by atoms with Crippen molar-refractivity contribution in [1.82, 2.24) is 24.4 Å². The van der Waals surface area contributed by atoms with E-state index >= 15 is 0 Å². The van der Waals surface area contributed by atoms with E-state index in [0.717, 1.165) is 5.56 Å². The molecule has 256 valence electrons. The van der Waals surface area contributed by atoms with Crippen LogP contribution < -0.4 is 11.5 Å². The van der Waals surface area contributed by atoms with Gasteiger partial charge in [0.1, 0.15) is 67.2 Å². The van der Waals surface area contributed by atoms with E-state index in [1.165, 1.54) is 28.5 Å². The van der Waals surface area contributed by atoms with Crippen molar-refractivity contribution < 1.29 is 48.4 Å². The van der Waals surface area contributed by atoms with Gasteiger partial charge in [-0.1, -0.05) is 30.3 Å². The number of rotatable bonds is 10. The smallest absolute Gasteiger partial charge is 0.394 e. The van der Waals surface area contributed by atoms with Crippen molar-refractivity contribution in [2.45, 2.75) is 61.2 Å². The minimum absolute atomic E-state index is 0.0713. The second-order valence-corrected chi connectivity index (χ2v) is 13.0. The average Bonchev–Trinajstić information content (AvgIpc) is 3.83. The van der Waals surface area contributed by atoms with Gasteiger partial charge in [0, 0.05) is 6.42 Å². The number of imidazole rings is 1. The fourth-order valence-corrected chi connectivity index (χ4v) is 7.04. The lowest BCUT2D eigenvalue weighted by atomic mass is 9.94. The molecule has 0 saturated carbocycles. The van der Waals surface area contributed by atoms with Gasteiger partial charge in [0.25, 0.3) is 0 Å². The first-order chi connectivity index (χ1) is 23.0. The Kier molecular flexibility index (Phi) is 8.59. The number of aliphatic hydroxyl groups excluding tert-OH is 4. The number of anilines is 1. The normalized spacial score (nSPS) is 34.3. The Balaban J connectivity index is 1.04. The first-order valence-corrected chi connectivity index (χ1v) is 16.3. The Morgan fingerprint density at radius 3 is 2.58 bits per heavy atom. The van der Waals surface area contributed by atoms with E-state index < -0.39 is 75.8 Å². The average molecular weight is 689 g/mol. The molecule has 4 aliphatic rings. The van der Waals surface area contributed by atoms with Gasteiger partial charge in [-0.15, -0.1) is 0 Å². The van der Waals surface area contributed by atoms with E-state index in [2.05, 4.69) is 29.9 Å². The van der Waals surface area contributed by atoms with Crippen molar-refractivity contribution in [2.75, 3.05) is 25.6 Å². The fourth-order valence-electron chi connectivity index (χ4n) is 6.11. The molecule has 0 bridgehead atoms. The number of nitrogens with two attached hydrogens (primary N) is 2. The van der Waals surface area contributed by atoms with Gasteiger partial charge in [-0.3, -0.25) is 18.6 Å². The first kappa shape index (κ1) is 32.7. The molecular weight excluding hydrogens is 655 g/mol. The number of phosphoric acid groups is 1. The monoisotopic (exact) mass is 688 g/mol. The van der Waals surface area contributed by atoms with Crippen molar-refractivity contribution in [3.63, 3.8) is 0 Å². The molecule has 0 amide bonds. The van der Waals surface area contributed by atoms with Crippen LogP contribution in [0.15, 0.2) is 58.0 Å². The summed E-state index contributed by atoms with van der Waals surface area (Å²) in [4.78, 5) is 37.5. The van der Waals surface area contributed by atoms with Crippen LogP contribution in [0.4, 0.5) is 5.82 Å². The highest BCUT2D eigenvalue weighted by Gasteiger charge is 2.54. The SMILES string of the molecule is Nc1ncnc2c1ncn2[C@@H]1O[C@H](COP(=O)(O)O[C@@H]2[C@H](O)[C@@H](CO)O[C@H]2N2CN=C3C2=NC=NC3(N)Cc2ccccc2)[C@@H](O)[C@H]1O. The molecule has 1 aromatic carbocycles. The first-order valence-electron chi connectivity index (χ1n) is 14.8. The standard InChI is InChI=1S/C27H33N10O10P/c28-22-16-23(31-9-30-22)36(11-33-16)25-19(41)17(39)15(46-25)8-44-48(42,43)47-20-18(40)14(7-38)45-26(20)37-12-34-21-24(37)32-10-35-27(21,29)6-13-4-2-1-3-5-13/h1-5,9-11,14-15,17-20,25-26,38-41H,6-8,12,29H2,(H,42,43)(H2,28,30,31)/t14-,15-,17-,18-,19-,20-,25-,26-,27?/m1/s1. The van der Waals surface area contributed by atoms with Crippen LogP contribution >= 0.6 is 7.82 Å². The fraction of sp³-hybridized carbons (Fsp3) is 0.481. The Bertz CT molecular complexity index is 1810. The molecule has 2 fully saturated rings. The molecule has 7 rings (SSSR count). The van der Waals surface area contributed by atoms with E-state index in [-0.39, 0.29) is 29.5 Å². The summed E-state index contributed by atoms with van der Waals surface area (Å²) in [7, 11) is -5.03. The summed E-state index contributed by atoms with van der Waals surface area (Å²) >= 11 is 0. The second-order valence-electron chi connectivity index (χ2n) is 11.6. The van der Waals surface area contributed by atoms with Gasteiger partial charge >= 0.3 is 7.82 Å². The predicted molar refractivity (Wildman–Crippen MR) is 165 cm³/mol. The van der Waals surface area contributed by atoms with Crippen LogP contribution in [0.5, 0.6) is 0 Å². The zero-order valence-corrected chi connectivity index (χ0v) is 25.9. The number of amidine groups is 1. The van der Waals surface area contributed by atoms with Crippen molar-refractivity contribution in [3.8, 4) is 0 Å². The number of aliphatic imine (C=N–C) groups is 3. The number of aromatic nitrogens is 4. The molecule has 3 aromatic rings. The highest BCUT2D eigenvalue weighted by molar-refractivity contribution is 7.47. The molecule has 10 atom stereocenters. The van der Waals surface area contributed by atoms with Gasteiger partial charge in [-0.25, -0.2) is 29.5 Å². The number of hydrogen-bond donors (Lipinski definition) is 7. The van der Waals surface area contributed by atoms with Crippen molar-refractivity contribution >= 4 is 42.7 Å². The van der Waals surface area contributed by atoms with E-state index in [0.29, 0.717) is 12.1 Å². The van der Waals surface area contributed by atoms with Gasteiger partial charge in [-0.05, 0) is 5.56 Å². The molecule has 4 aliphatic heterocycles. The largest absolute Gasteiger partial charge is 0.472 e. The number of hydrogen-bond acceptors (Lipinski definition) is 18. The Morgan fingerprint density at radius 1 is 1.04 bits per heavy atom. The molecule has 48 heavy (non-hydrogen) atoms. The van der Waals surface area contributed by atoms with Gasteiger partial charge in [0.15, 0.2) is 35.4 Å². The molecule has 9 N–H and O–H groups in total. The number of aliphatic hydroxyl groups is 4. The molecular formula is C27H33N10O10P. The van der Waals surface area contributed by atoms with E-state index in [1.807, 2.05) is 30.3 Å². The third-order valence-corrected chi connectivity index (χ3v) is 9.50. The van der Waals surface area contributed by atoms with Crippen LogP contribution in [-0.2, 0) is 29.5 Å². The molecule has 0 aliphatic carbocycles. The van der Waals surface area contributed by atoms with Crippen LogP contribution in [0.1, 0.15) is 11.8 Å². The van der Waals surface area contributed by atoms with E-state index in [4.69, 9.17) is 30.0 Å². The third kappa shape index (κ3) is 5.80. The highest BCUT2D eigenvalue weighted by atomic mass is 31.2. The summed E-state index contributed by atoms with van der Waals surface area (Å²) in [6.07, 6.45) is -7.09. The maximum Gasteiger partial charge on any atom is 0.472 e. The number of fused-ring (bicyclic) bond motifs is 2. The number of benzene rings is 1. The maximum absolute atomic E-state index is 13.2. The molecule has 2 unspecified atom stereocenters. The lowest BCUT2D eigenvalue weighted by molar-refractivity contribution is -0.0730. The Morgan fingerprint density at radius 2 is 1.81 bits per heavy atom.